The van der Waals surface area contributed by atoms with Gasteiger partial charge in [-0.05, 0) is 37.3 Å². The smallest absolute Gasteiger partial charge is 0.118 e. The van der Waals surface area contributed by atoms with Crippen LogP contribution in [0.5, 0.6) is 0 Å². The highest BCUT2D eigenvalue weighted by molar-refractivity contribution is 5.07. The zero-order valence-electron chi connectivity index (χ0n) is 15.0. The Kier molecular flexibility index (Phi) is 5.13. The van der Waals surface area contributed by atoms with Crippen LogP contribution in [0.3, 0.4) is 0 Å². The molecule has 6 nitrogen and oxygen atoms in total. The van der Waals surface area contributed by atoms with Crippen LogP contribution < -0.4 is 0 Å². The van der Waals surface area contributed by atoms with Crippen molar-refractivity contribution in [2.45, 2.75) is 33.2 Å². The molecule has 0 amide bonds. The highest BCUT2D eigenvalue weighted by Gasteiger charge is 2.23. The van der Waals surface area contributed by atoms with Crippen LogP contribution in [-0.4, -0.2) is 32.8 Å². The Labute approximate surface area is 153 Å². The second-order valence-corrected chi connectivity index (χ2v) is 6.89. The summed E-state index contributed by atoms with van der Waals surface area (Å²) in [4.78, 5) is 6.73. The first-order chi connectivity index (χ1) is 12.8. The van der Waals surface area contributed by atoms with E-state index in [9.17, 15) is 0 Å². The van der Waals surface area contributed by atoms with Crippen LogP contribution in [0.4, 0.5) is 0 Å². The Morgan fingerprint density at radius 1 is 1.15 bits per heavy atom. The number of rotatable bonds is 6. The van der Waals surface area contributed by atoms with Crippen molar-refractivity contribution >= 4 is 0 Å². The number of fused-ring (bicyclic) bond motifs is 1. The number of ether oxygens (including phenoxy) is 1. The zero-order valence-corrected chi connectivity index (χ0v) is 15.0. The Morgan fingerprint density at radius 2 is 2.12 bits per heavy atom. The van der Waals surface area contributed by atoms with Crippen molar-refractivity contribution < 1.29 is 9.15 Å². The van der Waals surface area contributed by atoms with Crippen molar-refractivity contribution in [2.75, 3.05) is 13.2 Å². The molecule has 0 spiro atoms. The van der Waals surface area contributed by atoms with E-state index in [1.807, 2.05) is 37.4 Å². The lowest BCUT2D eigenvalue weighted by Crippen LogP contribution is -2.30. The van der Waals surface area contributed by atoms with Gasteiger partial charge in [-0.3, -0.25) is 14.6 Å². The van der Waals surface area contributed by atoms with Gasteiger partial charge in [0.15, 0.2) is 0 Å². The van der Waals surface area contributed by atoms with Crippen LogP contribution in [0, 0.1) is 12.8 Å². The van der Waals surface area contributed by atoms with Gasteiger partial charge in [0.1, 0.15) is 11.5 Å². The molecule has 3 aromatic rings. The summed E-state index contributed by atoms with van der Waals surface area (Å²) in [6.45, 7) is 6.70. The average Bonchev–Trinajstić information content (AvgIpc) is 3.21. The number of aryl methyl sites for hydroxylation is 1. The number of hydrogen-bond acceptors (Lipinski definition) is 5. The van der Waals surface area contributed by atoms with Crippen molar-refractivity contribution in [3.8, 4) is 0 Å². The summed E-state index contributed by atoms with van der Waals surface area (Å²) in [6, 6.07) is 12.1. The molecule has 0 aliphatic carbocycles. The number of aromatic nitrogens is 3. The summed E-state index contributed by atoms with van der Waals surface area (Å²) in [5.74, 6) is 2.33. The fraction of sp³-hybridized carbons (Fsp3) is 0.400. The Bertz CT molecular complexity index is 827. The van der Waals surface area contributed by atoms with E-state index < -0.39 is 0 Å². The number of nitrogens with zero attached hydrogens (tertiary/aromatic N) is 4. The zero-order chi connectivity index (χ0) is 17.8. The first kappa shape index (κ1) is 17.0. The maximum absolute atomic E-state index is 5.96. The summed E-state index contributed by atoms with van der Waals surface area (Å²) in [5, 5.41) is 4.48. The number of pyridine rings is 1. The topological polar surface area (TPSA) is 56.3 Å². The van der Waals surface area contributed by atoms with E-state index in [0.29, 0.717) is 19.1 Å². The molecule has 1 aliphatic heterocycles. The highest BCUT2D eigenvalue weighted by atomic mass is 16.5. The maximum atomic E-state index is 5.96. The van der Waals surface area contributed by atoms with Crippen LogP contribution in [-0.2, 0) is 31.0 Å². The molecule has 0 radical (unpaired) electrons. The molecule has 3 aromatic heterocycles. The minimum atomic E-state index is 0.371. The van der Waals surface area contributed by atoms with E-state index in [1.54, 1.807) is 6.20 Å². The van der Waals surface area contributed by atoms with Crippen molar-refractivity contribution in [2.24, 2.45) is 5.92 Å². The molecule has 6 heteroatoms. The lowest BCUT2D eigenvalue weighted by molar-refractivity contribution is 0.0629. The second-order valence-electron chi connectivity index (χ2n) is 6.89. The molecule has 4 rings (SSSR count). The Hall–Kier alpha value is -2.44. The van der Waals surface area contributed by atoms with Gasteiger partial charge in [0.25, 0.3) is 0 Å². The molecule has 0 aromatic carbocycles. The maximum Gasteiger partial charge on any atom is 0.118 e. The largest absolute Gasteiger partial charge is 0.465 e. The van der Waals surface area contributed by atoms with E-state index in [4.69, 9.17) is 9.15 Å². The molecule has 4 heterocycles. The van der Waals surface area contributed by atoms with Crippen LogP contribution >= 0.6 is 0 Å². The predicted molar refractivity (Wildman–Crippen MR) is 97.2 cm³/mol. The molecular weight excluding hydrogens is 328 g/mol. The van der Waals surface area contributed by atoms with Gasteiger partial charge in [-0.25, -0.2) is 0 Å². The first-order valence-corrected chi connectivity index (χ1v) is 9.02. The molecule has 0 fully saturated rings. The van der Waals surface area contributed by atoms with Gasteiger partial charge >= 0.3 is 0 Å². The quantitative estimate of drug-likeness (QED) is 0.682. The lowest BCUT2D eigenvalue weighted by atomic mass is 10.1. The average molecular weight is 352 g/mol. The predicted octanol–water partition coefficient (Wildman–Crippen LogP) is 3.03. The minimum Gasteiger partial charge on any atom is -0.465 e. The van der Waals surface area contributed by atoms with Crippen LogP contribution in [0.1, 0.15) is 22.9 Å². The third-order valence-corrected chi connectivity index (χ3v) is 4.64. The van der Waals surface area contributed by atoms with E-state index in [-0.39, 0.29) is 0 Å². The third kappa shape index (κ3) is 4.20. The number of furan rings is 1. The van der Waals surface area contributed by atoms with Crippen LogP contribution in [0.25, 0.3) is 0 Å². The normalized spacial score (nSPS) is 17.8. The van der Waals surface area contributed by atoms with Gasteiger partial charge in [-0.15, -0.1) is 0 Å². The molecular formula is C20H24N4O2. The van der Waals surface area contributed by atoms with E-state index >= 15 is 0 Å². The summed E-state index contributed by atoms with van der Waals surface area (Å²) in [5.41, 5.74) is 2.20. The van der Waals surface area contributed by atoms with Crippen LogP contribution in [0.2, 0.25) is 0 Å². The highest BCUT2D eigenvalue weighted by Crippen LogP contribution is 2.19. The second kappa shape index (κ2) is 7.85. The molecule has 0 saturated heterocycles. The SMILES string of the molecule is Cc1ccc(CN2Cc3ccnn3CC(COCc3ccccn3)C2)o1. The van der Waals surface area contributed by atoms with Crippen molar-refractivity contribution in [3.05, 3.63) is 71.7 Å². The lowest BCUT2D eigenvalue weighted by Gasteiger charge is -2.22. The summed E-state index contributed by atoms with van der Waals surface area (Å²) in [6.07, 6.45) is 3.68. The monoisotopic (exact) mass is 352 g/mol. The van der Waals surface area contributed by atoms with Gasteiger partial charge in [0, 0.05) is 37.9 Å². The van der Waals surface area contributed by atoms with Gasteiger partial charge in [0.05, 0.1) is 31.1 Å². The van der Waals surface area contributed by atoms with Crippen LogP contribution in [0.15, 0.2) is 53.2 Å². The molecule has 1 atom stereocenters. The first-order valence-electron chi connectivity index (χ1n) is 9.02. The Balaban J connectivity index is 1.40. The van der Waals surface area contributed by atoms with Gasteiger partial charge in [-0.2, -0.15) is 5.10 Å². The molecule has 1 aliphatic rings. The standard InChI is InChI=1S/C20H24N4O2/c1-16-5-6-20(26-16)13-23-10-17(11-24-19(12-23)7-9-22-24)14-25-15-18-4-2-3-8-21-18/h2-9,17H,10-15H2,1H3. The van der Waals surface area contributed by atoms with Crippen molar-refractivity contribution in [1.29, 1.82) is 0 Å². The Morgan fingerprint density at radius 3 is 2.92 bits per heavy atom. The molecule has 0 bridgehead atoms. The summed E-state index contributed by atoms with van der Waals surface area (Å²) in [7, 11) is 0. The van der Waals surface area contributed by atoms with Gasteiger partial charge in [-0.1, -0.05) is 6.07 Å². The minimum absolute atomic E-state index is 0.371. The molecule has 26 heavy (non-hydrogen) atoms. The number of hydrogen-bond donors (Lipinski definition) is 0. The van der Waals surface area contributed by atoms with E-state index in [1.165, 1.54) is 5.69 Å². The van der Waals surface area contributed by atoms with E-state index in [2.05, 4.69) is 31.8 Å². The fourth-order valence-corrected chi connectivity index (χ4v) is 3.45. The molecule has 136 valence electrons. The fourth-order valence-electron chi connectivity index (χ4n) is 3.45. The van der Waals surface area contributed by atoms with Gasteiger partial charge in [0.2, 0.25) is 0 Å². The summed E-state index contributed by atoms with van der Waals surface area (Å²) < 4.78 is 13.8. The third-order valence-electron chi connectivity index (χ3n) is 4.64. The van der Waals surface area contributed by atoms with Crippen molar-refractivity contribution in [3.63, 3.8) is 0 Å². The van der Waals surface area contributed by atoms with Gasteiger partial charge < -0.3 is 9.15 Å². The summed E-state index contributed by atoms with van der Waals surface area (Å²) >= 11 is 0. The molecule has 0 N–H and O–H groups in total. The van der Waals surface area contributed by atoms with Crippen molar-refractivity contribution in [1.82, 2.24) is 19.7 Å². The van der Waals surface area contributed by atoms with E-state index in [0.717, 1.165) is 43.4 Å². The molecule has 0 saturated carbocycles. The molecule has 1 unspecified atom stereocenters.